The third-order valence-corrected chi connectivity index (χ3v) is 4.74. The Morgan fingerprint density at radius 1 is 1.25 bits per heavy atom. The number of amides is 2. The van der Waals surface area contributed by atoms with Crippen LogP contribution in [-0.2, 0) is 4.79 Å². The van der Waals surface area contributed by atoms with Crippen molar-refractivity contribution in [3.05, 3.63) is 0 Å². The van der Waals surface area contributed by atoms with Gasteiger partial charge in [0.2, 0.25) is 0 Å². The van der Waals surface area contributed by atoms with Gasteiger partial charge in [-0.15, -0.1) is 0 Å². The lowest BCUT2D eigenvalue weighted by Crippen LogP contribution is -2.49. The van der Waals surface area contributed by atoms with Gasteiger partial charge in [0.25, 0.3) is 0 Å². The average Bonchev–Trinajstić information content (AvgIpc) is 2.79. The van der Waals surface area contributed by atoms with E-state index in [2.05, 4.69) is 17.3 Å². The molecule has 114 valence electrons. The van der Waals surface area contributed by atoms with Crippen molar-refractivity contribution in [2.24, 2.45) is 5.92 Å². The topological polar surface area (TPSA) is 72.9 Å². The first kappa shape index (κ1) is 15.1. The number of carbonyl (C=O) groups is 2. The Balaban J connectivity index is 1.82. The van der Waals surface area contributed by atoms with Crippen molar-refractivity contribution < 1.29 is 14.7 Å². The van der Waals surface area contributed by atoms with Crippen LogP contribution in [0.25, 0.3) is 0 Å². The maximum Gasteiger partial charge on any atom is 0.317 e. The van der Waals surface area contributed by atoms with Gasteiger partial charge in [-0.1, -0.05) is 6.42 Å². The van der Waals surface area contributed by atoms with Crippen molar-refractivity contribution in [3.63, 3.8) is 0 Å². The molecule has 3 unspecified atom stereocenters. The molecule has 6 nitrogen and oxygen atoms in total. The molecule has 0 aromatic carbocycles. The van der Waals surface area contributed by atoms with Crippen LogP contribution in [0.3, 0.4) is 0 Å². The summed E-state index contributed by atoms with van der Waals surface area (Å²) in [6.07, 6.45) is 4.10. The van der Waals surface area contributed by atoms with Crippen LogP contribution in [0.5, 0.6) is 0 Å². The van der Waals surface area contributed by atoms with Crippen LogP contribution in [0.1, 0.15) is 32.6 Å². The average molecular weight is 283 g/mol. The van der Waals surface area contributed by atoms with Crippen LogP contribution in [0, 0.1) is 5.92 Å². The minimum atomic E-state index is -0.806. The minimum absolute atomic E-state index is 0.125. The molecule has 0 aliphatic carbocycles. The number of aliphatic carboxylic acids is 1. The van der Waals surface area contributed by atoms with Crippen molar-refractivity contribution in [2.75, 3.05) is 26.7 Å². The van der Waals surface area contributed by atoms with Gasteiger partial charge in [0.1, 0.15) is 0 Å². The second-order valence-electron chi connectivity index (χ2n) is 5.98. The second kappa shape index (κ2) is 6.43. The van der Waals surface area contributed by atoms with E-state index in [0.717, 1.165) is 13.0 Å². The molecule has 3 atom stereocenters. The first-order valence-electron chi connectivity index (χ1n) is 7.48. The van der Waals surface area contributed by atoms with E-state index in [-0.39, 0.29) is 12.1 Å². The predicted molar refractivity (Wildman–Crippen MR) is 75.6 cm³/mol. The Hall–Kier alpha value is -1.30. The van der Waals surface area contributed by atoms with Gasteiger partial charge in [-0.25, -0.2) is 4.79 Å². The van der Waals surface area contributed by atoms with Crippen molar-refractivity contribution >= 4 is 12.0 Å². The Labute approximate surface area is 120 Å². The standard InChI is InChI=1S/C14H25N3O3/c1-10-12(13(18)19)6-8-17(10)14(20)15-9-11-5-3-4-7-16(11)2/h10-12H,3-9H2,1-2H3,(H,15,20)(H,18,19). The zero-order chi connectivity index (χ0) is 14.7. The normalized spacial score (nSPS) is 31.3. The largest absolute Gasteiger partial charge is 0.481 e. The van der Waals surface area contributed by atoms with Crippen LogP contribution in [0.2, 0.25) is 0 Å². The van der Waals surface area contributed by atoms with Crippen LogP contribution in [0.4, 0.5) is 4.79 Å². The van der Waals surface area contributed by atoms with Crippen LogP contribution in [-0.4, -0.2) is 65.7 Å². The van der Waals surface area contributed by atoms with Gasteiger partial charge in [-0.05, 0) is 39.8 Å². The van der Waals surface area contributed by atoms with Gasteiger partial charge in [-0.3, -0.25) is 4.79 Å². The molecule has 2 amide bonds. The first-order valence-corrected chi connectivity index (χ1v) is 7.48. The van der Waals surface area contributed by atoms with Gasteiger partial charge < -0.3 is 20.2 Å². The number of hydrogen-bond acceptors (Lipinski definition) is 3. The van der Waals surface area contributed by atoms with E-state index in [1.54, 1.807) is 4.90 Å². The first-order chi connectivity index (χ1) is 9.50. The van der Waals surface area contributed by atoms with Gasteiger partial charge in [0.05, 0.1) is 5.92 Å². The van der Waals surface area contributed by atoms with Crippen LogP contribution < -0.4 is 5.32 Å². The Morgan fingerprint density at radius 3 is 2.60 bits per heavy atom. The van der Waals surface area contributed by atoms with Gasteiger partial charge >= 0.3 is 12.0 Å². The summed E-state index contributed by atoms with van der Waals surface area (Å²) >= 11 is 0. The number of nitrogens with one attached hydrogen (secondary N) is 1. The fourth-order valence-electron chi connectivity index (χ4n) is 3.27. The third-order valence-electron chi connectivity index (χ3n) is 4.74. The molecule has 2 rings (SSSR count). The molecule has 0 spiro atoms. The van der Waals surface area contributed by atoms with Crippen LogP contribution in [0.15, 0.2) is 0 Å². The number of likely N-dealkylation sites (N-methyl/N-ethyl adjacent to an activating group) is 1. The number of piperidine rings is 1. The van der Waals surface area contributed by atoms with E-state index < -0.39 is 11.9 Å². The maximum absolute atomic E-state index is 12.2. The zero-order valence-electron chi connectivity index (χ0n) is 12.3. The highest BCUT2D eigenvalue weighted by atomic mass is 16.4. The number of hydrogen-bond donors (Lipinski definition) is 2. The Kier molecular flexibility index (Phi) is 4.86. The highest BCUT2D eigenvalue weighted by molar-refractivity contribution is 5.78. The zero-order valence-corrected chi connectivity index (χ0v) is 12.3. The quantitative estimate of drug-likeness (QED) is 0.809. The summed E-state index contributed by atoms with van der Waals surface area (Å²) in [5, 5.41) is 12.1. The molecule has 2 aliphatic rings. The molecule has 20 heavy (non-hydrogen) atoms. The smallest absolute Gasteiger partial charge is 0.317 e. The fraction of sp³-hybridized carbons (Fsp3) is 0.857. The molecule has 0 radical (unpaired) electrons. The lowest BCUT2D eigenvalue weighted by Gasteiger charge is -2.33. The third kappa shape index (κ3) is 3.23. The summed E-state index contributed by atoms with van der Waals surface area (Å²) in [7, 11) is 2.09. The number of carboxylic acids is 1. The van der Waals surface area contributed by atoms with E-state index in [1.807, 2.05) is 6.92 Å². The lowest BCUT2D eigenvalue weighted by molar-refractivity contribution is -0.142. The fourth-order valence-corrected chi connectivity index (χ4v) is 3.27. The van der Waals surface area contributed by atoms with E-state index in [0.29, 0.717) is 25.6 Å². The second-order valence-corrected chi connectivity index (χ2v) is 5.98. The molecule has 6 heteroatoms. The molecule has 2 saturated heterocycles. The summed E-state index contributed by atoms with van der Waals surface area (Å²) < 4.78 is 0. The number of rotatable bonds is 3. The Morgan fingerprint density at radius 2 is 2.00 bits per heavy atom. The molecule has 0 aromatic rings. The molecule has 0 bridgehead atoms. The minimum Gasteiger partial charge on any atom is -0.481 e. The Bertz CT molecular complexity index is 375. The number of likely N-dealkylation sites (tertiary alicyclic amines) is 2. The highest BCUT2D eigenvalue weighted by Gasteiger charge is 2.38. The summed E-state index contributed by atoms with van der Waals surface area (Å²) in [5.74, 6) is -1.24. The van der Waals surface area contributed by atoms with E-state index in [1.165, 1.54) is 12.8 Å². The van der Waals surface area contributed by atoms with E-state index in [9.17, 15) is 9.59 Å². The number of urea groups is 1. The van der Waals surface area contributed by atoms with Gasteiger partial charge in [-0.2, -0.15) is 0 Å². The maximum atomic E-state index is 12.2. The monoisotopic (exact) mass is 283 g/mol. The number of carboxylic acid groups (broad SMARTS) is 1. The molecule has 2 heterocycles. The predicted octanol–water partition coefficient (Wildman–Crippen LogP) is 0.975. The molecular formula is C14H25N3O3. The summed E-state index contributed by atoms with van der Waals surface area (Å²) in [5.41, 5.74) is 0. The molecule has 2 N–H and O–H groups in total. The molecular weight excluding hydrogens is 258 g/mol. The van der Waals surface area contributed by atoms with Crippen molar-refractivity contribution in [3.8, 4) is 0 Å². The molecule has 0 aromatic heterocycles. The molecule has 2 aliphatic heterocycles. The van der Waals surface area contributed by atoms with Crippen LogP contribution >= 0.6 is 0 Å². The van der Waals surface area contributed by atoms with Crippen molar-refractivity contribution in [2.45, 2.75) is 44.7 Å². The summed E-state index contributed by atoms with van der Waals surface area (Å²) in [6, 6.07) is 0.0534. The van der Waals surface area contributed by atoms with Crippen molar-refractivity contribution in [1.82, 2.24) is 15.1 Å². The van der Waals surface area contributed by atoms with Gasteiger partial charge in [0, 0.05) is 25.2 Å². The lowest BCUT2D eigenvalue weighted by atomic mass is 10.0. The number of carbonyl (C=O) groups excluding carboxylic acids is 1. The highest BCUT2D eigenvalue weighted by Crippen LogP contribution is 2.24. The van der Waals surface area contributed by atoms with Crippen molar-refractivity contribution in [1.29, 1.82) is 0 Å². The summed E-state index contributed by atoms with van der Waals surface area (Å²) in [6.45, 7) is 4.08. The van der Waals surface area contributed by atoms with E-state index in [4.69, 9.17) is 5.11 Å². The molecule has 2 fully saturated rings. The molecule has 0 saturated carbocycles. The SMILES string of the molecule is CC1C(C(=O)O)CCN1C(=O)NCC1CCCCN1C. The van der Waals surface area contributed by atoms with Gasteiger partial charge in [0.15, 0.2) is 0 Å². The number of nitrogens with zero attached hydrogens (tertiary/aromatic N) is 2. The summed E-state index contributed by atoms with van der Waals surface area (Å²) in [4.78, 5) is 27.2. The van der Waals surface area contributed by atoms with E-state index >= 15 is 0 Å².